The minimum absolute atomic E-state index is 0.969. The van der Waals surface area contributed by atoms with Crippen molar-refractivity contribution in [2.75, 3.05) is 49.1 Å². The highest BCUT2D eigenvalue weighted by Crippen LogP contribution is 2.21. The zero-order valence-corrected chi connectivity index (χ0v) is 18.4. The van der Waals surface area contributed by atoms with Crippen molar-refractivity contribution in [3.05, 3.63) is 59.7 Å². The fraction of sp³-hybridized carbons (Fsp3) is 0.538. The Morgan fingerprint density at radius 2 is 0.900 bits per heavy atom. The molecule has 0 saturated carbocycles. The topological polar surface area (TPSA) is 30.5 Å². The number of anilines is 2. The summed E-state index contributed by atoms with van der Waals surface area (Å²) in [6.07, 6.45) is 7.78. The van der Waals surface area contributed by atoms with Gasteiger partial charge in [-0.15, -0.1) is 0 Å². The molecule has 4 heteroatoms. The molecule has 2 aliphatic rings. The van der Waals surface area contributed by atoms with Crippen LogP contribution in [0.5, 0.6) is 0 Å². The molecule has 162 valence electrons. The number of nitrogens with zero attached hydrogens (tertiary/aromatic N) is 2. The summed E-state index contributed by atoms with van der Waals surface area (Å²) in [5, 5.41) is 7.17. The van der Waals surface area contributed by atoms with Crippen molar-refractivity contribution in [2.24, 2.45) is 0 Å². The molecule has 0 unspecified atom stereocenters. The van der Waals surface area contributed by atoms with E-state index in [-0.39, 0.29) is 0 Å². The smallest absolute Gasteiger partial charge is 0.0366 e. The molecule has 0 aliphatic carbocycles. The summed E-state index contributed by atoms with van der Waals surface area (Å²) in [7, 11) is 0. The van der Waals surface area contributed by atoms with Crippen LogP contribution in [-0.2, 0) is 13.1 Å². The van der Waals surface area contributed by atoms with Crippen LogP contribution >= 0.6 is 0 Å². The molecule has 0 atom stereocenters. The molecule has 2 aliphatic heterocycles. The van der Waals surface area contributed by atoms with Gasteiger partial charge in [0, 0.05) is 50.6 Å². The van der Waals surface area contributed by atoms with E-state index in [0.717, 1.165) is 26.2 Å². The van der Waals surface area contributed by atoms with Gasteiger partial charge in [0.05, 0.1) is 0 Å². The molecule has 2 aromatic carbocycles. The lowest BCUT2D eigenvalue weighted by Crippen LogP contribution is -2.19. The van der Waals surface area contributed by atoms with Gasteiger partial charge in [-0.25, -0.2) is 0 Å². The van der Waals surface area contributed by atoms with Gasteiger partial charge in [0.1, 0.15) is 0 Å². The van der Waals surface area contributed by atoms with Crippen LogP contribution in [0.4, 0.5) is 11.4 Å². The van der Waals surface area contributed by atoms with E-state index in [1.54, 1.807) is 0 Å². The maximum Gasteiger partial charge on any atom is 0.0366 e. The standard InChI is InChI=1S/C26H38N4/c1(15-27-21-23-7-11-25(12-8-23)29-17-3-4-18-29)2-16-28-22-24-9-13-26(14-10-24)30-19-5-6-20-30/h7-14,27-28H,1-6,15-22H2. The molecular formula is C26H38N4. The molecule has 4 nitrogen and oxygen atoms in total. The number of unbranched alkanes of at least 4 members (excludes halogenated alkanes) is 1. The molecule has 0 bridgehead atoms. The van der Waals surface area contributed by atoms with Gasteiger partial charge in [0.15, 0.2) is 0 Å². The first-order valence-electron chi connectivity index (χ1n) is 12.0. The van der Waals surface area contributed by atoms with Crippen LogP contribution in [0.1, 0.15) is 49.7 Å². The summed E-state index contributed by atoms with van der Waals surface area (Å²) in [5.74, 6) is 0. The molecule has 2 fully saturated rings. The Morgan fingerprint density at radius 3 is 1.27 bits per heavy atom. The highest BCUT2D eigenvalue weighted by molar-refractivity contribution is 5.49. The molecule has 30 heavy (non-hydrogen) atoms. The van der Waals surface area contributed by atoms with Gasteiger partial charge in [0.25, 0.3) is 0 Å². The van der Waals surface area contributed by atoms with Crippen molar-refractivity contribution in [3.8, 4) is 0 Å². The average Bonchev–Trinajstić information content (AvgIpc) is 3.51. The van der Waals surface area contributed by atoms with Crippen LogP contribution in [0.25, 0.3) is 0 Å². The summed E-state index contributed by atoms with van der Waals surface area (Å²) in [4.78, 5) is 4.98. The quantitative estimate of drug-likeness (QED) is 0.536. The van der Waals surface area contributed by atoms with Crippen LogP contribution in [0.3, 0.4) is 0 Å². The van der Waals surface area contributed by atoms with Crippen LogP contribution in [-0.4, -0.2) is 39.3 Å². The van der Waals surface area contributed by atoms with Crippen molar-refractivity contribution in [2.45, 2.75) is 51.6 Å². The first kappa shape index (κ1) is 21.2. The highest BCUT2D eigenvalue weighted by atomic mass is 15.1. The van der Waals surface area contributed by atoms with Gasteiger partial charge >= 0.3 is 0 Å². The molecule has 2 aromatic rings. The average molecular weight is 407 g/mol. The number of nitrogens with one attached hydrogen (secondary N) is 2. The van der Waals surface area contributed by atoms with Gasteiger partial charge in [0.2, 0.25) is 0 Å². The molecule has 2 heterocycles. The third-order valence-corrected chi connectivity index (χ3v) is 6.43. The van der Waals surface area contributed by atoms with Crippen molar-refractivity contribution in [3.63, 3.8) is 0 Å². The minimum atomic E-state index is 0.969. The Kier molecular flexibility index (Phi) is 8.04. The maximum atomic E-state index is 3.59. The molecule has 2 N–H and O–H groups in total. The Morgan fingerprint density at radius 1 is 0.533 bits per heavy atom. The molecule has 0 radical (unpaired) electrons. The fourth-order valence-electron chi connectivity index (χ4n) is 4.57. The lowest BCUT2D eigenvalue weighted by Gasteiger charge is -2.18. The van der Waals surface area contributed by atoms with E-state index < -0.39 is 0 Å². The van der Waals surface area contributed by atoms with Crippen molar-refractivity contribution in [1.82, 2.24) is 10.6 Å². The van der Waals surface area contributed by atoms with Gasteiger partial charge in [-0.05, 0) is 87.0 Å². The third-order valence-electron chi connectivity index (χ3n) is 6.43. The van der Waals surface area contributed by atoms with Gasteiger partial charge < -0.3 is 20.4 Å². The lowest BCUT2D eigenvalue weighted by atomic mass is 10.2. The van der Waals surface area contributed by atoms with E-state index in [2.05, 4.69) is 69.0 Å². The second-order valence-electron chi connectivity index (χ2n) is 8.78. The summed E-state index contributed by atoms with van der Waals surface area (Å²) in [5.41, 5.74) is 5.53. The Labute approximate surface area is 182 Å². The van der Waals surface area contributed by atoms with E-state index in [0.29, 0.717) is 0 Å². The van der Waals surface area contributed by atoms with E-state index in [4.69, 9.17) is 0 Å². The third kappa shape index (κ3) is 6.23. The summed E-state index contributed by atoms with van der Waals surface area (Å²) in [6.45, 7) is 8.98. The molecule has 0 amide bonds. The normalized spacial score (nSPS) is 16.5. The van der Waals surface area contributed by atoms with E-state index >= 15 is 0 Å². The van der Waals surface area contributed by atoms with Crippen molar-refractivity contribution >= 4 is 11.4 Å². The molecule has 4 rings (SSSR count). The number of hydrogen-bond donors (Lipinski definition) is 2. The van der Waals surface area contributed by atoms with Crippen LogP contribution < -0.4 is 20.4 Å². The first-order valence-corrected chi connectivity index (χ1v) is 12.0. The first-order chi connectivity index (χ1) is 14.9. The maximum absolute atomic E-state index is 3.59. The SMILES string of the molecule is c1cc(N2CCCC2)ccc1CNCCCCNCc1ccc(N2CCCC2)cc1. The fourth-order valence-corrected chi connectivity index (χ4v) is 4.57. The number of benzene rings is 2. The minimum Gasteiger partial charge on any atom is -0.372 e. The predicted molar refractivity (Wildman–Crippen MR) is 128 cm³/mol. The number of rotatable bonds is 11. The van der Waals surface area contributed by atoms with E-state index in [1.165, 1.54) is 87.2 Å². The van der Waals surface area contributed by atoms with Crippen LogP contribution in [0, 0.1) is 0 Å². The Balaban J connectivity index is 1.04. The highest BCUT2D eigenvalue weighted by Gasteiger charge is 2.12. The zero-order chi connectivity index (χ0) is 20.4. The summed E-state index contributed by atoms with van der Waals surface area (Å²) >= 11 is 0. The molecular weight excluding hydrogens is 368 g/mol. The molecule has 2 saturated heterocycles. The van der Waals surface area contributed by atoms with Crippen molar-refractivity contribution < 1.29 is 0 Å². The number of hydrogen-bond acceptors (Lipinski definition) is 4. The summed E-state index contributed by atoms with van der Waals surface area (Å²) in [6, 6.07) is 18.2. The lowest BCUT2D eigenvalue weighted by molar-refractivity contribution is 0.582. The zero-order valence-electron chi connectivity index (χ0n) is 18.4. The van der Waals surface area contributed by atoms with Crippen molar-refractivity contribution in [1.29, 1.82) is 0 Å². The van der Waals surface area contributed by atoms with Gasteiger partial charge in [-0.2, -0.15) is 0 Å². The van der Waals surface area contributed by atoms with Gasteiger partial charge in [-0.1, -0.05) is 24.3 Å². The Bertz CT molecular complexity index is 663. The summed E-state index contributed by atoms with van der Waals surface area (Å²) < 4.78 is 0. The van der Waals surface area contributed by atoms with E-state index in [9.17, 15) is 0 Å². The molecule has 0 aromatic heterocycles. The van der Waals surface area contributed by atoms with Crippen LogP contribution in [0.15, 0.2) is 48.5 Å². The largest absolute Gasteiger partial charge is 0.372 e. The van der Waals surface area contributed by atoms with Crippen LogP contribution in [0.2, 0.25) is 0 Å². The molecule has 0 spiro atoms. The Hall–Kier alpha value is -2.04. The van der Waals surface area contributed by atoms with Gasteiger partial charge in [-0.3, -0.25) is 0 Å². The second-order valence-corrected chi connectivity index (χ2v) is 8.78. The predicted octanol–water partition coefficient (Wildman–Crippen LogP) is 4.55. The monoisotopic (exact) mass is 406 g/mol. The van der Waals surface area contributed by atoms with E-state index in [1.807, 2.05) is 0 Å². The second kappa shape index (κ2) is 11.4.